The minimum atomic E-state index is -3.06. The number of amides is 2. The van der Waals surface area contributed by atoms with Crippen molar-refractivity contribution in [1.29, 1.82) is 0 Å². The maximum atomic E-state index is 13.4. The van der Waals surface area contributed by atoms with E-state index in [1.807, 2.05) is 22.9 Å². The van der Waals surface area contributed by atoms with E-state index >= 15 is 0 Å². The number of alkyl halides is 2. The highest BCUT2D eigenvalue weighted by Crippen LogP contribution is 2.38. The number of fused-ring (bicyclic) bond motifs is 1. The van der Waals surface area contributed by atoms with Gasteiger partial charge in [0.05, 0.1) is 11.9 Å². The number of hydrogen-bond donors (Lipinski definition) is 1. The molecule has 5 heterocycles. The van der Waals surface area contributed by atoms with Crippen molar-refractivity contribution in [3.63, 3.8) is 0 Å². The second-order valence-corrected chi connectivity index (χ2v) is 12.6. The Labute approximate surface area is 261 Å². The van der Waals surface area contributed by atoms with Crippen LogP contribution in [0.2, 0.25) is 0 Å². The lowest BCUT2D eigenvalue weighted by atomic mass is 10.0. The van der Waals surface area contributed by atoms with Crippen LogP contribution in [-0.2, 0) is 11.3 Å². The molecule has 0 saturated carbocycles. The fourth-order valence-electron chi connectivity index (χ4n) is 5.65. The van der Waals surface area contributed by atoms with Gasteiger partial charge in [0.15, 0.2) is 5.65 Å². The van der Waals surface area contributed by atoms with Gasteiger partial charge in [-0.05, 0) is 43.4 Å². The van der Waals surface area contributed by atoms with E-state index in [4.69, 9.17) is 4.74 Å². The molecule has 0 bridgehead atoms. The lowest BCUT2D eigenvalue weighted by Crippen LogP contribution is -2.49. The maximum Gasteiger partial charge on any atom is 0.387 e. The Morgan fingerprint density at radius 1 is 1.18 bits per heavy atom. The second kappa shape index (κ2) is 13.5. The minimum Gasteiger partial charge on any atom is -0.434 e. The van der Waals surface area contributed by atoms with Gasteiger partial charge in [-0.3, -0.25) is 19.2 Å². The lowest BCUT2D eigenvalue weighted by Gasteiger charge is -2.40. The largest absolute Gasteiger partial charge is 0.434 e. The SMILES string of the molecule is CSc1ccc(OC(F)F)c(-c2nn(CC(=O)N3CCC(N4CCSCC4)CC3)cc2NC(=O)c2cnn3cccnc23)c1. The Hall–Kier alpha value is -3.69. The van der Waals surface area contributed by atoms with Crippen molar-refractivity contribution < 1.29 is 23.1 Å². The number of nitrogens with one attached hydrogen (secondary N) is 1. The third-order valence-corrected chi connectivity index (χ3v) is 9.54. The average Bonchev–Trinajstić information content (AvgIpc) is 3.65. The molecule has 11 nitrogen and oxygen atoms in total. The minimum absolute atomic E-state index is 0.0700. The van der Waals surface area contributed by atoms with Crippen LogP contribution >= 0.6 is 23.5 Å². The lowest BCUT2D eigenvalue weighted by molar-refractivity contribution is -0.133. The number of rotatable bonds is 9. The third kappa shape index (κ3) is 6.69. The first kappa shape index (κ1) is 30.3. The van der Waals surface area contributed by atoms with Gasteiger partial charge in [0.2, 0.25) is 5.91 Å². The van der Waals surface area contributed by atoms with Crippen LogP contribution in [0.5, 0.6) is 5.75 Å². The van der Waals surface area contributed by atoms with Gasteiger partial charge in [0, 0.05) is 72.8 Å². The molecule has 2 fully saturated rings. The molecule has 4 aromatic rings. The first-order chi connectivity index (χ1) is 21.4. The normalized spacial score (nSPS) is 16.5. The van der Waals surface area contributed by atoms with Crippen molar-refractivity contribution in [1.82, 2.24) is 34.2 Å². The van der Waals surface area contributed by atoms with E-state index in [1.165, 1.54) is 33.2 Å². The van der Waals surface area contributed by atoms with Crippen LogP contribution in [0.25, 0.3) is 16.9 Å². The van der Waals surface area contributed by atoms with E-state index in [9.17, 15) is 18.4 Å². The van der Waals surface area contributed by atoms with Crippen molar-refractivity contribution >= 4 is 46.7 Å². The summed E-state index contributed by atoms with van der Waals surface area (Å²) in [5, 5.41) is 11.6. The number of halogens is 2. The molecular weight excluding hydrogens is 611 g/mol. The van der Waals surface area contributed by atoms with Crippen molar-refractivity contribution in [2.24, 2.45) is 0 Å². The number of aromatic nitrogens is 5. The van der Waals surface area contributed by atoms with Gasteiger partial charge >= 0.3 is 6.61 Å². The van der Waals surface area contributed by atoms with Crippen LogP contribution in [0, 0.1) is 0 Å². The summed E-state index contributed by atoms with van der Waals surface area (Å²) in [6, 6.07) is 6.97. The molecule has 0 radical (unpaired) electrons. The standard InChI is InChI=1S/C29H32F2N8O3S2/c1-43-20-3-4-24(42-29(30)31)21(15-20)26-23(34-28(41)22-16-33-39-8-2-7-32-27(22)39)17-38(35-26)18-25(40)37-9-5-19(6-10-37)36-11-13-44-14-12-36/h2-4,7-8,15-17,19,29H,5-6,9-14,18H2,1H3,(H,34,41). The quantitative estimate of drug-likeness (QED) is 0.269. The molecular formula is C29H32F2N8O3S2. The summed E-state index contributed by atoms with van der Waals surface area (Å²) in [5.74, 6) is 1.59. The number of piperidine rings is 1. The number of thioether (sulfide) groups is 2. The highest BCUT2D eigenvalue weighted by atomic mass is 32.2. The number of carbonyl (C=O) groups is 2. The van der Waals surface area contributed by atoms with Crippen LogP contribution in [-0.4, -0.2) is 103 Å². The van der Waals surface area contributed by atoms with E-state index < -0.39 is 12.5 Å². The zero-order chi connectivity index (χ0) is 30.6. The summed E-state index contributed by atoms with van der Waals surface area (Å²) in [6.07, 6.45) is 9.87. The van der Waals surface area contributed by atoms with Gasteiger partial charge in [0.1, 0.15) is 23.6 Å². The summed E-state index contributed by atoms with van der Waals surface area (Å²) >= 11 is 3.41. The number of benzene rings is 1. The van der Waals surface area contributed by atoms with Gasteiger partial charge in [-0.25, -0.2) is 9.50 Å². The third-order valence-electron chi connectivity index (χ3n) is 7.87. The molecule has 232 valence electrons. The smallest absolute Gasteiger partial charge is 0.387 e. The topological polar surface area (TPSA) is 110 Å². The summed E-state index contributed by atoms with van der Waals surface area (Å²) in [4.78, 5) is 36.2. The molecule has 0 spiro atoms. The van der Waals surface area contributed by atoms with Crippen LogP contribution in [0.15, 0.2) is 53.9 Å². The molecule has 2 aliphatic rings. The number of hydrogen-bond acceptors (Lipinski definition) is 9. The molecule has 44 heavy (non-hydrogen) atoms. The van der Waals surface area contributed by atoms with Gasteiger partial charge in [-0.15, -0.1) is 11.8 Å². The molecule has 2 saturated heterocycles. The average molecular weight is 643 g/mol. The Morgan fingerprint density at radius 2 is 1.98 bits per heavy atom. The molecule has 1 aromatic carbocycles. The van der Waals surface area contributed by atoms with Gasteiger partial charge in [-0.2, -0.15) is 30.7 Å². The fraction of sp³-hybridized carbons (Fsp3) is 0.414. The number of carbonyl (C=O) groups excluding carboxylic acids is 2. The predicted molar refractivity (Wildman–Crippen MR) is 166 cm³/mol. The zero-order valence-electron chi connectivity index (χ0n) is 24.1. The molecule has 2 aliphatic heterocycles. The van der Waals surface area contributed by atoms with E-state index in [0.717, 1.165) is 42.3 Å². The monoisotopic (exact) mass is 642 g/mol. The molecule has 15 heteroatoms. The second-order valence-electron chi connectivity index (χ2n) is 10.5. The first-order valence-corrected chi connectivity index (χ1v) is 16.7. The molecule has 1 N–H and O–H groups in total. The summed E-state index contributed by atoms with van der Waals surface area (Å²) in [7, 11) is 0. The Bertz CT molecular complexity index is 1630. The summed E-state index contributed by atoms with van der Waals surface area (Å²) in [6.45, 7) is 0.373. The van der Waals surface area contributed by atoms with Crippen LogP contribution in [0.3, 0.4) is 0 Å². The zero-order valence-corrected chi connectivity index (χ0v) is 25.7. The van der Waals surface area contributed by atoms with Crippen LogP contribution in [0.1, 0.15) is 23.2 Å². The van der Waals surface area contributed by atoms with E-state index in [1.54, 1.807) is 36.8 Å². The number of anilines is 1. The molecule has 6 rings (SSSR count). The highest BCUT2D eigenvalue weighted by Gasteiger charge is 2.29. The summed E-state index contributed by atoms with van der Waals surface area (Å²) in [5.41, 5.74) is 1.27. The van der Waals surface area contributed by atoms with Crippen LogP contribution < -0.4 is 10.1 Å². The Kier molecular flexibility index (Phi) is 9.33. The predicted octanol–water partition coefficient (Wildman–Crippen LogP) is 4.21. The fourth-order valence-corrected chi connectivity index (χ4v) is 7.02. The van der Waals surface area contributed by atoms with Crippen LogP contribution in [0.4, 0.5) is 14.5 Å². The number of ether oxygens (including phenoxy) is 1. The molecule has 0 aliphatic carbocycles. The van der Waals surface area contributed by atoms with E-state index in [2.05, 4.69) is 25.4 Å². The molecule has 2 amide bonds. The molecule has 3 aromatic heterocycles. The number of likely N-dealkylation sites (tertiary alicyclic amines) is 1. The highest BCUT2D eigenvalue weighted by molar-refractivity contribution is 7.99. The summed E-state index contributed by atoms with van der Waals surface area (Å²) < 4.78 is 34.5. The first-order valence-electron chi connectivity index (χ1n) is 14.3. The van der Waals surface area contributed by atoms with Gasteiger partial charge in [-0.1, -0.05) is 0 Å². The van der Waals surface area contributed by atoms with Crippen molar-refractivity contribution in [3.8, 4) is 17.0 Å². The van der Waals surface area contributed by atoms with E-state index in [0.29, 0.717) is 24.8 Å². The Balaban J connectivity index is 1.26. The van der Waals surface area contributed by atoms with Crippen molar-refractivity contribution in [3.05, 3.63) is 54.6 Å². The van der Waals surface area contributed by atoms with Crippen molar-refractivity contribution in [2.45, 2.75) is 36.9 Å². The van der Waals surface area contributed by atoms with E-state index in [-0.39, 0.29) is 40.7 Å². The van der Waals surface area contributed by atoms with Gasteiger partial charge in [0.25, 0.3) is 5.91 Å². The number of nitrogens with zero attached hydrogens (tertiary/aromatic N) is 7. The molecule has 0 unspecified atom stereocenters. The van der Waals surface area contributed by atoms with Crippen molar-refractivity contribution in [2.75, 3.05) is 49.3 Å². The molecule has 0 atom stereocenters. The maximum absolute atomic E-state index is 13.4. The van der Waals surface area contributed by atoms with Gasteiger partial charge < -0.3 is 15.0 Å². The Morgan fingerprint density at radius 3 is 2.73 bits per heavy atom.